The number of benzene rings is 3. The van der Waals surface area contributed by atoms with Crippen molar-refractivity contribution in [1.82, 2.24) is 30.6 Å². The highest BCUT2D eigenvalue weighted by molar-refractivity contribution is 6.07. The molecule has 3 fully saturated rings. The van der Waals surface area contributed by atoms with E-state index in [0.29, 0.717) is 36.7 Å². The average molecular weight is 545 g/mol. The number of fused-ring (bicyclic) bond motifs is 6. The molecule has 41 heavy (non-hydrogen) atoms. The fourth-order valence-corrected chi connectivity index (χ4v) is 7.36. The van der Waals surface area contributed by atoms with Gasteiger partial charge in [-0.05, 0) is 93.2 Å². The fourth-order valence-electron chi connectivity index (χ4n) is 7.36. The van der Waals surface area contributed by atoms with E-state index in [1.165, 1.54) is 64.5 Å². The van der Waals surface area contributed by atoms with Crippen molar-refractivity contribution < 1.29 is 4.74 Å². The number of hydrogen-bond donors (Lipinski definition) is 4. The van der Waals surface area contributed by atoms with Crippen molar-refractivity contribution in [1.29, 1.82) is 0 Å². The van der Waals surface area contributed by atoms with Crippen LogP contribution in [-0.2, 0) is 6.61 Å². The van der Waals surface area contributed by atoms with E-state index in [9.17, 15) is 0 Å². The Balaban J connectivity index is 1.09. The van der Waals surface area contributed by atoms with Crippen molar-refractivity contribution >= 4 is 21.8 Å². The van der Waals surface area contributed by atoms with Crippen LogP contribution in [0.15, 0.2) is 42.5 Å². The Morgan fingerprint density at radius 2 is 1.54 bits per heavy atom. The van der Waals surface area contributed by atoms with Crippen LogP contribution in [0.4, 0.5) is 0 Å². The van der Waals surface area contributed by atoms with Crippen molar-refractivity contribution in [3.05, 3.63) is 65.4 Å². The van der Waals surface area contributed by atoms with E-state index in [0.717, 1.165) is 46.8 Å². The third kappa shape index (κ3) is 3.93. The smallest absolute Gasteiger partial charge is 0.128 e. The summed E-state index contributed by atoms with van der Waals surface area (Å²) in [5.41, 5.74) is 9.41. The van der Waals surface area contributed by atoms with E-state index in [4.69, 9.17) is 14.7 Å². The van der Waals surface area contributed by atoms with E-state index >= 15 is 0 Å². The van der Waals surface area contributed by atoms with Gasteiger partial charge in [-0.1, -0.05) is 18.2 Å². The summed E-state index contributed by atoms with van der Waals surface area (Å²) < 4.78 is 6.42. The first-order valence-corrected chi connectivity index (χ1v) is 15.4. The standard InChI is InChI=1S/C34H36N6O/c1-17-3-10-27(35-17)33-37-26-12-8-20-14-25-23-9-7-21(13-22(23)16-41-29(25)15-24(20)32(26)40-33)31-30(19-5-6-19)38-34(39-31)28-11-4-18(2)36-28/h7-9,12-15,17-19,27-28,35-36H,3-6,10-11,16H2,1-2H3,(H,37,40)(H,38,39)/t17-,18-,27-,28-/m0/s1. The number of rotatable bonds is 4. The molecule has 0 bridgehead atoms. The van der Waals surface area contributed by atoms with Crippen LogP contribution in [0.1, 0.15) is 93.3 Å². The maximum absolute atomic E-state index is 6.42. The molecule has 208 valence electrons. The lowest BCUT2D eigenvalue weighted by molar-refractivity contribution is 0.303. The summed E-state index contributed by atoms with van der Waals surface area (Å²) in [6.45, 7) is 5.08. The zero-order valence-corrected chi connectivity index (χ0v) is 23.7. The molecule has 0 unspecified atom stereocenters. The first-order valence-electron chi connectivity index (χ1n) is 15.4. The fraction of sp³-hybridized carbons (Fsp3) is 0.412. The molecule has 2 saturated heterocycles. The Hall–Kier alpha value is -3.68. The average Bonchev–Trinajstić information content (AvgIpc) is 3.33. The predicted octanol–water partition coefficient (Wildman–Crippen LogP) is 7.17. The second-order valence-electron chi connectivity index (χ2n) is 12.9. The van der Waals surface area contributed by atoms with E-state index in [1.807, 2.05) is 0 Å². The normalized spacial score (nSPS) is 25.5. The number of hydrogen-bond acceptors (Lipinski definition) is 5. The lowest BCUT2D eigenvalue weighted by Crippen LogP contribution is -2.21. The Kier molecular flexibility index (Phi) is 5.21. The Morgan fingerprint density at radius 1 is 0.756 bits per heavy atom. The maximum Gasteiger partial charge on any atom is 0.128 e. The van der Waals surface area contributed by atoms with Gasteiger partial charge >= 0.3 is 0 Å². The molecule has 9 rings (SSSR count). The van der Waals surface area contributed by atoms with Gasteiger partial charge in [0.1, 0.15) is 24.0 Å². The van der Waals surface area contributed by atoms with Gasteiger partial charge in [-0.3, -0.25) is 0 Å². The molecule has 5 aromatic rings. The first-order chi connectivity index (χ1) is 20.1. The molecule has 4 aliphatic rings. The van der Waals surface area contributed by atoms with Crippen LogP contribution in [0.25, 0.3) is 44.2 Å². The Labute approximate surface area is 239 Å². The molecule has 1 aliphatic carbocycles. The highest BCUT2D eigenvalue weighted by Crippen LogP contribution is 2.46. The van der Waals surface area contributed by atoms with Crippen molar-refractivity contribution in [3.8, 4) is 28.1 Å². The minimum atomic E-state index is 0.298. The minimum absolute atomic E-state index is 0.298. The number of nitrogens with one attached hydrogen (secondary N) is 4. The third-order valence-electron chi connectivity index (χ3n) is 9.78. The summed E-state index contributed by atoms with van der Waals surface area (Å²) >= 11 is 0. The lowest BCUT2D eigenvalue weighted by Gasteiger charge is -2.22. The summed E-state index contributed by atoms with van der Waals surface area (Å²) in [5, 5.41) is 9.73. The van der Waals surface area contributed by atoms with Crippen molar-refractivity contribution in [3.63, 3.8) is 0 Å². The summed E-state index contributed by atoms with van der Waals surface area (Å²) in [7, 11) is 0. The van der Waals surface area contributed by atoms with Gasteiger partial charge in [0, 0.05) is 34.5 Å². The summed E-state index contributed by atoms with van der Waals surface area (Å²) in [5.74, 6) is 3.67. The molecule has 1 saturated carbocycles. The van der Waals surface area contributed by atoms with Crippen LogP contribution in [0, 0.1) is 0 Å². The van der Waals surface area contributed by atoms with Gasteiger partial charge in [-0.25, -0.2) is 9.97 Å². The van der Waals surface area contributed by atoms with Crippen molar-refractivity contribution in [2.75, 3.05) is 0 Å². The van der Waals surface area contributed by atoms with Crippen molar-refractivity contribution in [2.24, 2.45) is 0 Å². The van der Waals surface area contributed by atoms with Crippen LogP contribution >= 0.6 is 0 Å². The molecule has 5 heterocycles. The van der Waals surface area contributed by atoms with E-state index in [-0.39, 0.29) is 0 Å². The largest absolute Gasteiger partial charge is 0.488 e. The van der Waals surface area contributed by atoms with Gasteiger partial charge in [-0.15, -0.1) is 0 Å². The summed E-state index contributed by atoms with van der Waals surface area (Å²) in [6.07, 6.45) is 7.13. The highest BCUT2D eigenvalue weighted by Gasteiger charge is 2.33. The molecule has 3 aliphatic heterocycles. The van der Waals surface area contributed by atoms with Gasteiger partial charge in [0.2, 0.25) is 0 Å². The predicted molar refractivity (Wildman–Crippen MR) is 162 cm³/mol. The molecule has 0 spiro atoms. The van der Waals surface area contributed by atoms with Gasteiger partial charge in [0.05, 0.1) is 34.5 Å². The minimum Gasteiger partial charge on any atom is -0.488 e. The lowest BCUT2D eigenvalue weighted by atomic mass is 9.92. The number of aromatic nitrogens is 4. The van der Waals surface area contributed by atoms with Gasteiger partial charge in [0.25, 0.3) is 0 Å². The molecule has 3 aromatic carbocycles. The Bertz CT molecular complexity index is 1830. The number of H-pyrrole nitrogens is 2. The van der Waals surface area contributed by atoms with Gasteiger partial charge in [-0.2, -0.15) is 0 Å². The second-order valence-corrected chi connectivity index (χ2v) is 12.9. The van der Waals surface area contributed by atoms with Crippen LogP contribution in [0.5, 0.6) is 5.75 Å². The van der Waals surface area contributed by atoms with Crippen LogP contribution in [-0.4, -0.2) is 32.0 Å². The molecule has 2 aromatic heterocycles. The first kappa shape index (κ1) is 24.0. The molecular weight excluding hydrogens is 508 g/mol. The van der Waals surface area contributed by atoms with Crippen LogP contribution < -0.4 is 15.4 Å². The zero-order valence-electron chi connectivity index (χ0n) is 23.7. The molecule has 7 heteroatoms. The van der Waals surface area contributed by atoms with Crippen LogP contribution in [0.2, 0.25) is 0 Å². The summed E-state index contributed by atoms with van der Waals surface area (Å²) in [6, 6.07) is 17.4. The summed E-state index contributed by atoms with van der Waals surface area (Å²) in [4.78, 5) is 17.5. The third-order valence-corrected chi connectivity index (χ3v) is 9.78. The number of imidazole rings is 2. The molecule has 0 amide bonds. The monoisotopic (exact) mass is 544 g/mol. The molecule has 4 atom stereocenters. The van der Waals surface area contributed by atoms with E-state index in [2.05, 4.69) is 76.9 Å². The quantitative estimate of drug-likeness (QED) is 0.193. The second kappa shape index (κ2) is 8.91. The topological polar surface area (TPSA) is 90.7 Å². The number of nitrogens with zero attached hydrogens (tertiary/aromatic N) is 2. The van der Waals surface area contributed by atoms with Gasteiger partial charge in [0.15, 0.2) is 0 Å². The SMILES string of the molecule is C[C@H]1CC[C@@H](c2nc(C3CC3)c(-c3ccc4c(c3)COc3cc5c(ccc6nc([C@@H]7CC[C@H](C)N7)[nH]c65)cc3-4)[nH]2)N1. The van der Waals surface area contributed by atoms with Crippen molar-refractivity contribution in [2.45, 2.75) is 89.1 Å². The Morgan fingerprint density at radius 3 is 2.27 bits per heavy atom. The molecule has 4 N–H and O–H groups in total. The van der Waals surface area contributed by atoms with E-state index < -0.39 is 0 Å². The van der Waals surface area contributed by atoms with Gasteiger partial charge < -0.3 is 25.3 Å². The highest BCUT2D eigenvalue weighted by atomic mass is 16.5. The number of ether oxygens (including phenoxy) is 1. The number of aromatic amines is 2. The van der Waals surface area contributed by atoms with Crippen LogP contribution in [0.3, 0.4) is 0 Å². The molecular formula is C34H36N6O. The molecule has 0 radical (unpaired) electrons. The van der Waals surface area contributed by atoms with E-state index in [1.54, 1.807) is 0 Å². The maximum atomic E-state index is 6.42. The zero-order chi connectivity index (χ0) is 27.2. The molecule has 7 nitrogen and oxygen atoms in total.